The number of aromatic nitrogens is 3. The maximum Gasteiger partial charge on any atom is 0.143 e. The zero-order valence-electron chi connectivity index (χ0n) is 13.0. The molecule has 2 aromatic heterocycles. The van der Waals surface area contributed by atoms with Gasteiger partial charge in [0.1, 0.15) is 17.8 Å². The highest BCUT2D eigenvalue weighted by Gasteiger charge is 2.11. The van der Waals surface area contributed by atoms with Crippen molar-refractivity contribution in [3.8, 4) is 0 Å². The van der Waals surface area contributed by atoms with E-state index in [0.29, 0.717) is 0 Å². The van der Waals surface area contributed by atoms with Crippen LogP contribution in [0.4, 0.5) is 17.2 Å². The lowest BCUT2D eigenvalue weighted by atomic mass is 10.2. The van der Waals surface area contributed by atoms with E-state index in [-0.39, 0.29) is 0 Å². The molecule has 0 radical (unpaired) electrons. The van der Waals surface area contributed by atoms with Crippen LogP contribution in [0.1, 0.15) is 0 Å². The van der Waals surface area contributed by atoms with Crippen LogP contribution in [0.25, 0.3) is 21.9 Å². The molecule has 4 aromatic rings. The number of nitrogens with zero attached hydrogens (tertiary/aromatic N) is 3. The van der Waals surface area contributed by atoms with E-state index in [2.05, 4.69) is 43.4 Å². The molecular weight excluding hydrogens is 286 g/mol. The summed E-state index contributed by atoms with van der Waals surface area (Å²) in [6, 6.07) is 16.4. The zero-order valence-corrected chi connectivity index (χ0v) is 13.0. The molecule has 23 heavy (non-hydrogen) atoms. The lowest BCUT2D eigenvalue weighted by Gasteiger charge is -2.14. The molecule has 0 atom stereocenters. The summed E-state index contributed by atoms with van der Waals surface area (Å²) < 4.78 is 0. The first-order valence-corrected chi connectivity index (χ1v) is 7.48. The number of anilines is 3. The highest BCUT2D eigenvalue weighted by Crippen LogP contribution is 2.31. The van der Waals surface area contributed by atoms with Gasteiger partial charge in [0, 0.05) is 36.4 Å². The standard InChI is InChI=1S/C18H17N5/c1-23(2)13-7-5-6-12(10-13)21-17-16-14-8-3-4-9-15(14)22-18(16)20-11-19-17/h3-11H,1-2H3,(H2,19,20,21,22). The minimum Gasteiger partial charge on any atom is -0.378 e. The van der Waals surface area contributed by atoms with Gasteiger partial charge in [-0.05, 0) is 24.3 Å². The number of fused-ring (bicyclic) bond motifs is 3. The number of rotatable bonds is 3. The predicted molar refractivity (Wildman–Crippen MR) is 95.4 cm³/mol. The van der Waals surface area contributed by atoms with E-state index in [1.165, 1.54) is 0 Å². The molecule has 0 unspecified atom stereocenters. The van der Waals surface area contributed by atoms with Crippen molar-refractivity contribution in [3.63, 3.8) is 0 Å². The summed E-state index contributed by atoms with van der Waals surface area (Å²) in [6.45, 7) is 0. The van der Waals surface area contributed by atoms with Crippen molar-refractivity contribution in [1.82, 2.24) is 15.0 Å². The molecule has 2 aromatic carbocycles. The van der Waals surface area contributed by atoms with Crippen LogP contribution in [-0.2, 0) is 0 Å². The summed E-state index contributed by atoms with van der Waals surface area (Å²) in [7, 11) is 4.06. The quantitative estimate of drug-likeness (QED) is 0.602. The molecule has 4 rings (SSSR count). The number of H-pyrrole nitrogens is 1. The minimum atomic E-state index is 0.809. The van der Waals surface area contributed by atoms with E-state index in [1.807, 2.05) is 44.4 Å². The molecular formula is C18H17N5. The smallest absolute Gasteiger partial charge is 0.143 e. The first-order chi connectivity index (χ1) is 11.2. The number of benzene rings is 2. The molecule has 0 amide bonds. The Labute approximate surface area is 134 Å². The van der Waals surface area contributed by atoms with E-state index < -0.39 is 0 Å². The molecule has 0 aliphatic rings. The minimum absolute atomic E-state index is 0.809. The van der Waals surface area contributed by atoms with Crippen LogP contribution in [0.15, 0.2) is 54.9 Å². The second-order valence-corrected chi connectivity index (χ2v) is 5.69. The van der Waals surface area contributed by atoms with Gasteiger partial charge >= 0.3 is 0 Å². The monoisotopic (exact) mass is 303 g/mol. The number of aromatic amines is 1. The van der Waals surface area contributed by atoms with Gasteiger partial charge in [-0.25, -0.2) is 9.97 Å². The Hall–Kier alpha value is -3.08. The molecule has 0 saturated carbocycles. The van der Waals surface area contributed by atoms with Gasteiger partial charge in [-0.3, -0.25) is 0 Å². The van der Waals surface area contributed by atoms with Gasteiger partial charge in [-0.15, -0.1) is 0 Å². The van der Waals surface area contributed by atoms with Gasteiger partial charge in [0.25, 0.3) is 0 Å². The third kappa shape index (κ3) is 2.36. The molecule has 114 valence electrons. The molecule has 2 heterocycles. The Morgan fingerprint density at radius 3 is 2.74 bits per heavy atom. The van der Waals surface area contributed by atoms with Crippen molar-refractivity contribution in [2.75, 3.05) is 24.3 Å². The fraction of sp³-hybridized carbons (Fsp3) is 0.111. The molecule has 0 aliphatic heterocycles. The van der Waals surface area contributed by atoms with Crippen LogP contribution >= 0.6 is 0 Å². The van der Waals surface area contributed by atoms with Crippen LogP contribution in [0.3, 0.4) is 0 Å². The largest absolute Gasteiger partial charge is 0.378 e. The van der Waals surface area contributed by atoms with Crippen LogP contribution in [0.5, 0.6) is 0 Å². The first kappa shape index (κ1) is 13.6. The average Bonchev–Trinajstić information content (AvgIpc) is 2.94. The van der Waals surface area contributed by atoms with Crippen molar-refractivity contribution in [3.05, 3.63) is 54.9 Å². The van der Waals surface area contributed by atoms with E-state index in [9.17, 15) is 0 Å². The molecule has 2 N–H and O–H groups in total. The third-order valence-electron chi connectivity index (χ3n) is 3.92. The normalized spacial score (nSPS) is 11.0. The van der Waals surface area contributed by atoms with E-state index >= 15 is 0 Å². The van der Waals surface area contributed by atoms with Crippen molar-refractivity contribution in [2.24, 2.45) is 0 Å². The highest BCUT2D eigenvalue weighted by molar-refractivity contribution is 6.11. The lowest BCUT2D eigenvalue weighted by Crippen LogP contribution is -2.08. The fourth-order valence-corrected chi connectivity index (χ4v) is 2.77. The Morgan fingerprint density at radius 2 is 1.87 bits per heavy atom. The Morgan fingerprint density at radius 1 is 1.00 bits per heavy atom. The van der Waals surface area contributed by atoms with Gasteiger partial charge in [-0.1, -0.05) is 24.3 Å². The SMILES string of the molecule is CN(C)c1cccc(Nc2ncnc3[nH]c4ccccc4c23)c1. The maximum absolute atomic E-state index is 4.44. The van der Waals surface area contributed by atoms with E-state index in [0.717, 1.165) is 39.1 Å². The van der Waals surface area contributed by atoms with Crippen molar-refractivity contribution < 1.29 is 0 Å². The summed E-state index contributed by atoms with van der Waals surface area (Å²) in [5, 5.41) is 5.55. The van der Waals surface area contributed by atoms with Gasteiger partial charge in [0.2, 0.25) is 0 Å². The Balaban J connectivity index is 1.84. The Kier molecular flexibility index (Phi) is 3.12. The lowest BCUT2D eigenvalue weighted by molar-refractivity contribution is 1.13. The van der Waals surface area contributed by atoms with Crippen molar-refractivity contribution >= 4 is 39.1 Å². The molecule has 0 bridgehead atoms. The third-order valence-corrected chi connectivity index (χ3v) is 3.92. The van der Waals surface area contributed by atoms with Gasteiger partial charge in [-0.2, -0.15) is 0 Å². The highest BCUT2D eigenvalue weighted by atomic mass is 15.1. The molecule has 0 aliphatic carbocycles. The summed E-state index contributed by atoms with van der Waals surface area (Å²) in [6.07, 6.45) is 1.58. The van der Waals surface area contributed by atoms with Crippen LogP contribution in [0, 0.1) is 0 Å². The van der Waals surface area contributed by atoms with E-state index in [4.69, 9.17) is 0 Å². The zero-order chi connectivity index (χ0) is 15.8. The predicted octanol–water partition coefficient (Wildman–Crippen LogP) is 3.92. The summed E-state index contributed by atoms with van der Waals surface area (Å²) in [4.78, 5) is 14.2. The molecule has 5 heteroatoms. The van der Waals surface area contributed by atoms with Gasteiger partial charge in [0.15, 0.2) is 0 Å². The van der Waals surface area contributed by atoms with E-state index in [1.54, 1.807) is 6.33 Å². The maximum atomic E-state index is 4.44. The van der Waals surface area contributed by atoms with Crippen LogP contribution in [-0.4, -0.2) is 29.0 Å². The number of hydrogen-bond acceptors (Lipinski definition) is 4. The second kappa shape index (κ2) is 5.28. The number of para-hydroxylation sites is 1. The topological polar surface area (TPSA) is 56.8 Å². The fourth-order valence-electron chi connectivity index (χ4n) is 2.77. The number of hydrogen-bond donors (Lipinski definition) is 2. The van der Waals surface area contributed by atoms with Crippen LogP contribution in [0.2, 0.25) is 0 Å². The summed E-state index contributed by atoms with van der Waals surface area (Å²) >= 11 is 0. The van der Waals surface area contributed by atoms with Gasteiger partial charge < -0.3 is 15.2 Å². The Bertz CT molecular complexity index is 987. The second-order valence-electron chi connectivity index (χ2n) is 5.69. The summed E-state index contributed by atoms with van der Waals surface area (Å²) in [5.41, 5.74) is 4.04. The average molecular weight is 303 g/mol. The van der Waals surface area contributed by atoms with Gasteiger partial charge in [0.05, 0.1) is 5.39 Å². The molecule has 0 fully saturated rings. The molecule has 5 nitrogen and oxygen atoms in total. The van der Waals surface area contributed by atoms with Crippen LogP contribution < -0.4 is 10.2 Å². The molecule has 0 spiro atoms. The van der Waals surface area contributed by atoms with Crippen molar-refractivity contribution in [2.45, 2.75) is 0 Å². The summed E-state index contributed by atoms with van der Waals surface area (Å²) in [5.74, 6) is 0.809. The van der Waals surface area contributed by atoms with Crippen molar-refractivity contribution in [1.29, 1.82) is 0 Å². The number of nitrogens with one attached hydrogen (secondary N) is 2. The first-order valence-electron chi connectivity index (χ1n) is 7.48. The molecule has 0 saturated heterocycles.